The normalized spacial score (nSPS) is 10.3. The first-order valence-corrected chi connectivity index (χ1v) is 6.90. The third-order valence-electron chi connectivity index (χ3n) is 2.57. The van der Waals surface area contributed by atoms with Crippen LogP contribution < -0.4 is 10.6 Å². The summed E-state index contributed by atoms with van der Waals surface area (Å²) in [5.74, 6) is 0.751. The van der Waals surface area contributed by atoms with E-state index in [9.17, 15) is 0 Å². The molecule has 0 spiro atoms. The van der Waals surface area contributed by atoms with E-state index >= 15 is 0 Å². The van der Waals surface area contributed by atoms with Crippen molar-refractivity contribution in [3.63, 3.8) is 0 Å². The number of anilines is 1. The highest BCUT2D eigenvalue weighted by Crippen LogP contribution is 2.20. The topological polar surface area (TPSA) is 55.0 Å². The molecule has 0 aliphatic carbocycles. The van der Waals surface area contributed by atoms with Gasteiger partial charge in [0.1, 0.15) is 4.99 Å². The Bertz CT molecular complexity index is 525. The van der Waals surface area contributed by atoms with Crippen molar-refractivity contribution >= 4 is 34.4 Å². The number of thiocarbonyl (C=S) groups is 1. The Kier molecular flexibility index (Phi) is 4.22. The maximum atomic E-state index is 5.72. The molecule has 0 unspecified atom stereocenters. The minimum atomic E-state index is 0.351. The highest BCUT2D eigenvalue weighted by atomic mass is 32.1. The number of thiophene rings is 1. The molecule has 0 saturated carbocycles. The molecule has 4 nitrogen and oxygen atoms in total. The highest BCUT2D eigenvalue weighted by Gasteiger charge is 2.14. The predicted molar refractivity (Wildman–Crippen MR) is 79.0 cm³/mol. The Balaban J connectivity index is 2.30. The minimum Gasteiger partial charge on any atom is -0.389 e. The third-order valence-corrected chi connectivity index (χ3v) is 3.66. The van der Waals surface area contributed by atoms with E-state index in [4.69, 9.17) is 18.0 Å². The zero-order valence-electron chi connectivity index (χ0n) is 10.0. The lowest BCUT2D eigenvalue weighted by Gasteiger charge is -2.22. The summed E-state index contributed by atoms with van der Waals surface area (Å²) < 4.78 is 0. The van der Waals surface area contributed by atoms with Gasteiger partial charge in [-0.15, -0.1) is 16.4 Å². The van der Waals surface area contributed by atoms with Gasteiger partial charge in [-0.2, -0.15) is 5.10 Å². The Morgan fingerprint density at radius 1 is 1.50 bits per heavy atom. The highest BCUT2D eigenvalue weighted by molar-refractivity contribution is 7.80. The molecule has 0 radical (unpaired) electrons. The second-order valence-corrected chi connectivity index (χ2v) is 5.20. The summed E-state index contributed by atoms with van der Waals surface area (Å²) in [4.78, 5) is 3.74. The summed E-state index contributed by atoms with van der Waals surface area (Å²) >= 11 is 6.77. The Morgan fingerprint density at radius 2 is 2.33 bits per heavy atom. The number of nitrogens with zero attached hydrogens (tertiary/aromatic N) is 3. The van der Waals surface area contributed by atoms with Gasteiger partial charge in [-0.25, -0.2) is 0 Å². The minimum absolute atomic E-state index is 0.351. The number of rotatable bonds is 5. The van der Waals surface area contributed by atoms with Crippen molar-refractivity contribution in [2.75, 3.05) is 11.4 Å². The van der Waals surface area contributed by atoms with Gasteiger partial charge >= 0.3 is 0 Å². The largest absolute Gasteiger partial charge is 0.389 e. The van der Waals surface area contributed by atoms with Gasteiger partial charge in [0.15, 0.2) is 5.82 Å². The van der Waals surface area contributed by atoms with Gasteiger partial charge in [0.2, 0.25) is 0 Å². The van der Waals surface area contributed by atoms with Gasteiger partial charge in [-0.05, 0) is 24.4 Å². The van der Waals surface area contributed by atoms with Crippen LogP contribution in [0.4, 0.5) is 5.82 Å². The lowest BCUT2D eigenvalue weighted by Crippen LogP contribution is -2.26. The molecule has 0 aliphatic heterocycles. The smallest absolute Gasteiger partial charge is 0.161 e. The van der Waals surface area contributed by atoms with Crippen LogP contribution in [0.25, 0.3) is 0 Å². The predicted octanol–water partition coefficient (Wildman–Crippen LogP) is 2.20. The molecule has 18 heavy (non-hydrogen) atoms. The molecule has 2 rings (SSSR count). The molecule has 0 bridgehead atoms. The summed E-state index contributed by atoms with van der Waals surface area (Å²) in [7, 11) is 0. The van der Waals surface area contributed by atoms with Gasteiger partial charge in [0.25, 0.3) is 0 Å². The summed E-state index contributed by atoms with van der Waals surface area (Å²) in [6.45, 7) is 3.69. The first kappa shape index (κ1) is 12.9. The van der Waals surface area contributed by atoms with Crippen LogP contribution >= 0.6 is 23.6 Å². The van der Waals surface area contributed by atoms with Crippen LogP contribution in [0.5, 0.6) is 0 Å². The van der Waals surface area contributed by atoms with E-state index in [0.717, 1.165) is 24.5 Å². The molecule has 0 aliphatic rings. The van der Waals surface area contributed by atoms with E-state index < -0.39 is 0 Å². The van der Waals surface area contributed by atoms with Gasteiger partial charge in [-0.3, -0.25) is 0 Å². The average Bonchev–Trinajstić information content (AvgIpc) is 2.88. The molecule has 6 heteroatoms. The number of hydrogen-bond acceptors (Lipinski definition) is 5. The van der Waals surface area contributed by atoms with E-state index in [1.54, 1.807) is 17.5 Å². The SMILES string of the molecule is CCN(Cc1cccs1)c1nnccc1C(N)=S. The van der Waals surface area contributed by atoms with E-state index in [0.29, 0.717) is 4.99 Å². The zero-order chi connectivity index (χ0) is 13.0. The van der Waals surface area contributed by atoms with Gasteiger partial charge in [0, 0.05) is 11.4 Å². The summed E-state index contributed by atoms with van der Waals surface area (Å²) in [5, 5.41) is 10.2. The molecule has 0 saturated heterocycles. The second-order valence-electron chi connectivity index (χ2n) is 3.73. The molecular formula is C12H14N4S2. The molecule has 2 heterocycles. The summed E-state index contributed by atoms with van der Waals surface area (Å²) in [5.41, 5.74) is 6.50. The van der Waals surface area contributed by atoms with Crippen LogP contribution in [-0.2, 0) is 6.54 Å². The van der Waals surface area contributed by atoms with E-state index in [1.165, 1.54) is 4.88 Å². The molecular weight excluding hydrogens is 264 g/mol. The van der Waals surface area contributed by atoms with Crippen LogP contribution in [0, 0.1) is 0 Å². The van der Waals surface area contributed by atoms with Crippen molar-refractivity contribution < 1.29 is 0 Å². The fourth-order valence-corrected chi connectivity index (χ4v) is 2.56. The fraction of sp³-hybridized carbons (Fsp3) is 0.250. The van der Waals surface area contributed by atoms with Crippen LogP contribution in [0.2, 0.25) is 0 Å². The van der Waals surface area contributed by atoms with Crippen molar-refractivity contribution in [1.29, 1.82) is 0 Å². The first-order chi connectivity index (χ1) is 8.72. The van der Waals surface area contributed by atoms with E-state index in [1.807, 2.05) is 12.1 Å². The van der Waals surface area contributed by atoms with Crippen LogP contribution in [0.15, 0.2) is 29.8 Å². The fourth-order valence-electron chi connectivity index (χ4n) is 1.68. The van der Waals surface area contributed by atoms with E-state index in [-0.39, 0.29) is 0 Å². The molecule has 0 aromatic carbocycles. The van der Waals surface area contributed by atoms with Crippen molar-refractivity contribution in [3.05, 3.63) is 40.2 Å². The average molecular weight is 278 g/mol. The van der Waals surface area contributed by atoms with Crippen molar-refractivity contribution in [3.8, 4) is 0 Å². The molecule has 0 atom stereocenters. The molecule has 2 N–H and O–H groups in total. The quantitative estimate of drug-likeness (QED) is 0.850. The second kappa shape index (κ2) is 5.88. The number of nitrogens with two attached hydrogens (primary N) is 1. The monoisotopic (exact) mass is 278 g/mol. The maximum absolute atomic E-state index is 5.72. The summed E-state index contributed by atoms with van der Waals surface area (Å²) in [6, 6.07) is 5.95. The molecule has 0 amide bonds. The van der Waals surface area contributed by atoms with Crippen LogP contribution in [0.3, 0.4) is 0 Å². The van der Waals surface area contributed by atoms with Crippen molar-refractivity contribution in [1.82, 2.24) is 10.2 Å². The molecule has 0 fully saturated rings. The first-order valence-electron chi connectivity index (χ1n) is 5.61. The number of aromatic nitrogens is 2. The molecule has 2 aromatic rings. The van der Waals surface area contributed by atoms with Gasteiger partial charge < -0.3 is 10.6 Å². The van der Waals surface area contributed by atoms with Crippen LogP contribution in [0.1, 0.15) is 17.4 Å². The molecule has 94 valence electrons. The summed E-state index contributed by atoms with van der Waals surface area (Å²) in [6.07, 6.45) is 1.61. The van der Waals surface area contributed by atoms with Gasteiger partial charge in [-0.1, -0.05) is 18.3 Å². The van der Waals surface area contributed by atoms with E-state index in [2.05, 4.69) is 33.5 Å². The number of hydrogen-bond donors (Lipinski definition) is 1. The Morgan fingerprint density at radius 3 is 2.94 bits per heavy atom. The standard InChI is InChI=1S/C12H14N4S2/c1-2-16(8-9-4-3-7-18-9)12-10(11(13)17)5-6-14-15-12/h3-7H,2,8H2,1H3,(H2,13,17). The zero-order valence-corrected chi connectivity index (χ0v) is 11.7. The van der Waals surface area contributed by atoms with Crippen LogP contribution in [-0.4, -0.2) is 21.7 Å². The Labute approximate surface area is 115 Å². The van der Waals surface area contributed by atoms with Crippen molar-refractivity contribution in [2.24, 2.45) is 5.73 Å². The Hall–Kier alpha value is -1.53. The van der Waals surface area contributed by atoms with Gasteiger partial charge in [0.05, 0.1) is 18.3 Å². The lowest BCUT2D eigenvalue weighted by atomic mass is 10.2. The lowest BCUT2D eigenvalue weighted by molar-refractivity contribution is 0.803. The molecule has 2 aromatic heterocycles. The van der Waals surface area contributed by atoms with Crippen molar-refractivity contribution in [2.45, 2.75) is 13.5 Å². The third kappa shape index (κ3) is 2.83. The maximum Gasteiger partial charge on any atom is 0.161 e.